The number of sulfonamides is 1. The first-order valence-electron chi connectivity index (χ1n) is 4.64. The molecule has 0 aromatic heterocycles. The average Bonchev–Trinajstić information content (AvgIpc) is 2.14. The van der Waals surface area contributed by atoms with E-state index in [-0.39, 0.29) is 11.5 Å². The average molecular weight is 255 g/mol. The summed E-state index contributed by atoms with van der Waals surface area (Å²) in [6.07, 6.45) is 3.04. The van der Waals surface area contributed by atoms with Crippen LogP contribution in [0.5, 0.6) is 0 Å². The second-order valence-corrected chi connectivity index (χ2v) is 5.92. The number of aliphatic carboxylic acids is 1. The third kappa shape index (κ3) is 6.75. The molecular formula is C8H17NO4S2. The van der Waals surface area contributed by atoms with Crippen molar-refractivity contribution in [2.24, 2.45) is 0 Å². The Morgan fingerprint density at radius 2 is 2.13 bits per heavy atom. The Balaban J connectivity index is 4.32. The molecule has 0 aliphatic carbocycles. The van der Waals surface area contributed by atoms with Crippen LogP contribution in [0.2, 0.25) is 0 Å². The minimum atomic E-state index is -3.45. The number of rotatable bonds is 8. The van der Waals surface area contributed by atoms with Crippen molar-refractivity contribution >= 4 is 27.8 Å². The van der Waals surface area contributed by atoms with Gasteiger partial charge in [0, 0.05) is 5.75 Å². The first-order valence-corrected chi connectivity index (χ1v) is 7.69. The molecule has 1 atom stereocenters. The van der Waals surface area contributed by atoms with Crippen molar-refractivity contribution in [3.8, 4) is 0 Å². The molecule has 0 aromatic rings. The van der Waals surface area contributed by atoms with Crippen LogP contribution in [0.4, 0.5) is 0 Å². The Bertz CT molecular complexity index is 289. The van der Waals surface area contributed by atoms with Crippen molar-refractivity contribution in [2.75, 3.05) is 17.8 Å². The molecule has 0 amide bonds. The minimum absolute atomic E-state index is 0.0122. The molecule has 0 fully saturated rings. The molecule has 0 saturated heterocycles. The largest absolute Gasteiger partial charge is 0.480 e. The molecule has 0 aliphatic rings. The maximum Gasteiger partial charge on any atom is 0.322 e. The van der Waals surface area contributed by atoms with Crippen LogP contribution in [0.3, 0.4) is 0 Å². The molecule has 0 aromatic carbocycles. The number of carboxylic acids is 1. The quantitative estimate of drug-likeness (QED) is 0.660. The van der Waals surface area contributed by atoms with Gasteiger partial charge in [-0.15, -0.1) is 0 Å². The van der Waals surface area contributed by atoms with Gasteiger partial charge < -0.3 is 5.11 Å². The second-order valence-electron chi connectivity index (χ2n) is 3.14. The predicted molar refractivity (Wildman–Crippen MR) is 61.6 cm³/mol. The topological polar surface area (TPSA) is 83.5 Å². The first kappa shape index (κ1) is 14.7. The Kier molecular flexibility index (Phi) is 6.95. The van der Waals surface area contributed by atoms with E-state index in [1.807, 2.05) is 6.92 Å². The third-order valence-corrected chi connectivity index (χ3v) is 3.86. The highest BCUT2D eigenvalue weighted by Gasteiger charge is 2.22. The highest BCUT2D eigenvalue weighted by atomic mass is 32.2. The lowest BCUT2D eigenvalue weighted by Gasteiger charge is -2.13. The van der Waals surface area contributed by atoms with Gasteiger partial charge in [-0.1, -0.05) is 13.3 Å². The fraction of sp³-hybridized carbons (Fsp3) is 0.875. The molecule has 0 spiro atoms. The van der Waals surface area contributed by atoms with E-state index in [2.05, 4.69) is 4.72 Å². The van der Waals surface area contributed by atoms with E-state index in [0.29, 0.717) is 6.42 Å². The standard InChI is InChI=1S/C8H17NO4S2/c1-3-4-5-15(12,13)9-7(6-14-2)8(10)11/h7,9H,3-6H2,1-2H3,(H,10,11)/t7-/m0/s1. The molecule has 0 saturated carbocycles. The normalized spacial score (nSPS) is 13.7. The van der Waals surface area contributed by atoms with Gasteiger partial charge in [0.15, 0.2) is 0 Å². The highest BCUT2D eigenvalue weighted by molar-refractivity contribution is 7.98. The van der Waals surface area contributed by atoms with Crippen LogP contribution in [0.1, 0.15) is 19.8 Å². The van der Waals surface area contributed by atoms with Crippen LogP contribution >= 0.6 is 11.8 Å². The summed E-state index contributed by atoms with van der Waals surface area (Å²) in [6.45, 7) is 1.88. The van der Waals surface area contributed by atoms with Gasteiger partial charge in [0.1, 0.15) is 6.04 Å². The highest BCUT2D eigenvalue weighted by Crippen LogP contribution is 2.01. The first-order chi connectivity index (χ1) is 6.93. The van der Waals surface area contributed by atoms with Crippen LogP contribution in [-0.4, -0.2) is 43.3 Å². The Hall–Kier alpha value is -0.270. The minimum Gasteiger partial charge on any atom is -0.480 e. The number of nitrogens with one attached hydrogen (secondary N) is 1. The zero-order chi connectivity index (χ0) is 11.9. The van der Waals surface area contributed by atoms with Gasteiger partial charge in [0.2, 0.25) is 10.0 Å². The monoisotopic (exact) mass is 255 g/mol. The number of carboxylic acid groups (broad SMARTS) is 1. The molecule has 7 heteroatoms. The van der Waals surface area contributed by atoms with E-state index in [1.54, 1.807) is 6.26 Å². The molecule has 0 heterocycles. The van der Waals surface area contributed by atoms with E-state index in [1.165, 1.54) is 11.8 Å². The summed E-state index contributed by atoms with van der Waals surface area (Å²) in [5.74, 6) is -0.910. The second kappa shape index (κ2) is 7.08. The number of carbonyl (C=O) groups is 1. The van der Waals surface area contributed by atoms with Crippen molar-refractivity contribution in [3.63, 3.8) is 0 Å². The maximum atomic E-state index is 11.4. The summed E-state index contributed by atoms with van der Waals surface area (Å²) >= 11 is 1.29. The van der Waals surface area contributed by atoms with Crippen molar-refractivity contribution < 1.29 is 18.3 Å². The van der Waals surface area contributed by atoms with Crippen molar-refractivity contribution in [2.45, 2.75) is 25.8 Å². The Morgan fingerprint density at radius 3 is 2.53 bits per heavy atom. The van der Waals surface area contributed by atoms with Gasteiger partial charge in [-0.25, -0.2) is 13.1 Å². The smallest absolute Gasteiger partial charge is 0.322 e. The van der Waals surface area contributed by atoms with Crippen LogP contribution in [0.25, 0.3) is 0 Å². The Morgan fingerprint density at radius 1 is 1.53 bits per heavy atom. The van der Waals surface area contributed by atoms with Gasteiger partial charge in [0.25, 0.3) is 0 Å². The summed E-state index contributed by atoms with van der Waals surface area (Å²) in [5.41, 5.74) is 0. The van der Waals surface area contributed by atoms with Crippen LogP contribution in [0, 0.1) is 0 Å². The van der Waals surface area contributed by atoms with E-state index >= 15 is 0 Å². The molecule has 0 bridgehead atoms. The molecule has 2 N–H and O–H groups in total. The molecule has 0 rings (SSSR count). The van der Waals surface area contributed by atoms with Crippen LogP contribution in [-0.2, 0) is 14.8 Å². The Labute approximate surface area is 94.7 Å². The summed E-state index contributed by atoms with van der Waals surface area (Å²) in [4.78, 5) is 10.7. The molecule has 5 nitrogen and oxygen atoms in total. The zero-order valence-electron chi connectivity index (χ0n) is 8.89. The molecule has 90 valence electrons. The lowest BCUT2D eigenvalue weighted by molar-refractivity contribution is -0.138. The van der Waals surface area contributed by atoms with Crippen molar-refractivity contribution in [1.82, 2.24) is 4.72 Å². The van der Waals surface area contributed by atoms with Crippen LogP contribution in [0.15, 0.2) is 0 Å². The van der Waals surface area contributed by atoms with Crippen LogP contribution < -0.4 is 4.72 Å². The van der Waals surface area contributed by atoms with Gasteiger partial charge in [-0.2, -0.15) is 11.8 Å². The van der Waals surface area contributed by atoms with Crippen molar-refractivity contribution in [1.29, 1.82) is 0 Å². The van der Waals surface area contributed by atoms with E-state index in [0.717, 1.165) is 6.42 Å². The SMILES string of the molecule is CCCCS(=O)(=O)N[C@@H](CSC)C(=O)O. The third-order valence-electron chi connectivity index (χ3n) is 1.72. The van der Waals surface area contributed by atoms with Gasteiger partial charge in [0.05, 0.1) is 5.75 Å². The van der Waals surface area contributed by atoms with E-state index in [4.69, 9.17) is 5.11 Å². The van der Waals surface area contributed by atoms with Gasteiger partial charge >= 0.3 is 5.97 Å². The number of thioether (sulfide) groups is 1. The fourth-order valence-electron chi connectivity index (χ4n) is 0.932. The number of hydrogen-bond donors (Lipinski definition) is 2. The predicted octanol–water partition coefficient (Wildman–Crippen LogP) is 0.522. The van der Waals surface area contributed by atoms with Gasteiger partial charge in [-0.05, 0) is 12.7 Å². The summed E-state index contributed by atoms with van der Waals surface area (Å²) in [5, 5.41) is 8.75. The lowest BCUT2D eigenvalue weighted by Crippen LogP contribution is -2.43. The summed E-state index contributed by atoms with van der Waals surface area (Å²) in [7, 11) is -3.45. The van der Waals surface area contributed by atoms with E-state index < -0.39 is 22.0 Å². The van der Waals surface area contributed by atoms with Gasteiger partial charge in [-0.3, -0.25) is 4.79 Å². The molecule has 0 aliphatic heterocycles. The molecular weight excluding hydrogens is 238 g/mol. The summed E-state index contributed by atoms with van der Waals surface area (Å²) in [6, 6.07) is -1.03. The van der Waals surface area contributed by atoms with E-state index in [9.17, 15) is 13.2 Å². The zero-order valence-corrected chi connectivity index (χ0v) is 10.5. The molecule has 15 heavy (non-hydrogen) atoms. The fourth-order valence-corrected chi connectivity index (χ4v) is 3.00. The number of unbranched alkanes of at least 4 members (excludes halogenated alkanes) is 1. The summed E-state index contributed by atoms with van der Waals surface area (Å²) < 4.78 is 25.0. The molecule has 0 unspecified atom stereocenters. The van der Waals surface area contributed by atoms with Crippen molar-refractivity contribution in [3.05, 3.63) is 0 Å². The molecule has 0 radical (unpaired) electrons. The number of hydrogen-bond acceptors (Lipinski definition) is 4. The maximum absolute atomic E-state index is 11.4. The lowest BCUT2D eigenvalue weighted by atomic mass is 10.4.